The van der Waals surface area contributed by atoms with E-state index in [1.165, 1.54) is 0 Å². The molecular weight excluding hydrogens is 508 g/mol. The van der Waals surface area contributed by atoms with Crippen LogP contribution in [0.1, 0.15) is 20.7 Å². The van der Waals surface area contributed by atoms with E-state index in [1.54, 1.807) is 57.6 Å². The smallest absolute Gasteiger partial charge is 0.262 e. The summed E-state index contributed by atoms with van der Waals surface area (Å²) in [7, 11) is 0. The lowest BCUT2D eigenvalue weighted by Gasteiger charge is -2.32. The highest BCUT2D eigenvalue weighted by Gasteiger charge is 2.31. The van der Waals surface area contributed by atoms with Crippen LogP contribution in [0.3, 0.4) is 0 Å². The fourth-order valence-electron chi connectivity index (χ4n) is 4.89. The van der Waals surface area contributed by atoms with E-state index >= 15 is 0 Å². The highest BCUT2D eigenvalue weighted by atomic mass is 32.2. The molecule has 0 atom stereocenters. The Hall–Kier alpha value is -4.26. The summed E-state index contributed by atoms with van der Waals surface area (Å²) < 4.78 is 0. The molecule has 0 saturated carbocycles. The normalized spacial score (nSPS) is 13.2. The number of fused-ring (bicyclic) bond motifs is 4. The molecule has 0 radical (unpaired) electrons. The van der Waals surface area contributed by atoms with Crippen LogP contribution in [-0.2, 0) is 0 Å². The molecule has 38 heavy (non-hydrogen) atoms. The molecule has 0 aliphatic carbocycles. The van der Waals surface area contributed by atoms with Crippen LogP contribution in [0.4, 0.5) is 22.7 Å². The molecule has 0 N–H and O–H groups in total. The molecule has 6 heteroatoms. The predicted octanol–water partition coefficient (Wildman–Crippen LogP) is 8.57. The maximum absolute atomic E-state index is 14.1. The lowest BCUT2D eigenvalue weighted by atomic mass is 10.1. The van der Waals surface area contributed by atoms with E-state index in [2.05, 4.69) is 0 Å². The number of carbonyl (C=O) groups is 2. The fourth-order valence-corrected chi connectivity index (χ4v) is 7.01. The van der Waals surface area contributed by atoms with Crippen LogP contribution in [0.25, 0.3) is 0 Å². The molecule has 0 spiro atoms. The van der Waals surface area contributed by atoms with Crippen molar-refractivity contribution in [2.75, 3.05) is 9.80 Å². The number of amides is 2. The van der Waals surface area contributed by atoms with Gasteiger partial charge in [0.1, 0.15) is 0 Å². The van der Waals surface area contributed by atoms with Crippen molar-refractivity contribution >= 4 is 58.1 Å². The Labute approximate surface area is 228 Å². The Balaban J connectivity index is 1.30. The Kier molecular flexibility index (Phi) is 5.57. The average molecular weight is 529 g/mol. The van der Waals surface area contributed by atoms with Crippen LogP contribution in [0.2, 0.25) is 0 Å². The van der Waals surface area contributed by atoms with E-state index in [0.29, 0.717) is 11.1 Å². The Morgan fingerprint density at radius 1 is 0.421 bits per heavy atom. The zero-order chi connectivity index (χ0) is 25.6. The molecule has 2 aliphatic heterocycles. The van der Waals surface area contributed by atoms with Crippen LogP contribution in [-0.4, -0.2) is 11.8 Å². The predicted molar refractivity (Wildman–Crippen MR) is 153 cm³/mol. The molecule has 0 aromatic heterocycles. The van der Waals surface area contributed by atoms with Gasteiger partial charge in [-0.05, 0) is 66.7 Å². The third-order valence-corrected chi connectivity index (χ3v) is 8.89. The van der Waals surface area contributed by atoms with Gasteiger partial charge in [-0.1, -0.05) is 78.1 Å². The molecular formula is C32H20N2O2S2. The van der Waals surface area contributed by atoms with Crippen molar-refractivity contribution in [2.45, 2.75) is 19.6 Å². The first-order valence-corrected chi connectivity index (χ1v) is 13.8. The van der Waals surface area contributed by atoms with Crippen LogP contribution in [0, 0.1) is 0 Å². The van der Waals surface area contributed by atoms with Crippen LogP contribution < -0.4 is 9.80 Å². The quantitative estimate of drug-likeness (QED) is 0.230. The number of rotatable bonds is 2. The monoisotopic (exact) mass is 528 g/mol. The standard InChI is InChI=1S/C32H20N2O2S2/c35-31(33-23-12-1-5-16-27(23)37-28-17-6-2-13-24(28)33)21-10-9-11-22(20-21)32(36)34-25-14-3-7-18-29(25)38-30-19-8-4-15-26(30)34/h1-20H. The summed E-state index contributed by atoms with van der Waals surface area (Å²) in [4.78, 5) is 35.7. The van der Waals surface area contributed by atoms with Gasteiger partial charge in [0.2, 0.25) is 0 Å². The Morgan fingerprint density at radius 3 is 1.08 bits per heavy atom. The van der Waals surface area contributed by atoms with Gasteiger partial charge in [-0.3, -0.25) is 19.4 Å². The number of para-hydroxylation sites is 4. The third kappa shape index (κ3) is 3.72. The molecule has 2 amide bonds. The van der Waals surface area contributed by atoms with Gasteiger partial charge in [-0.15, -0.1) is 0 Å². The van der Waals surface area contributed by atoms with Gasteiger partial charge < -0.3 is 0 Å². The van der Waals surface area contributed by atoms with Gasteiger partial charge >= 0.3 is 0 Å². The van der Waals surface area contributed by atoms with Gasteiger partial charge in [0.25, 0.3) is 11.8 Å². The van der Waals surface area contributed by atoms with Gasteiger partial charge in [0, 0.05) is 30.7 Å². The minimum Gasteiger partial charge on any atom is -0.275 e. The van der Waals surface area contributed by atoms with Crippen LogP contribution >= 0.6 is 23.5 Å². The molecule has 0 fully saturated rings. The third-order valence-electron chi connectivity index (χ3n) is 6.63. The molecule has 182 valence electrons. The maximum Gasteiger partial charge on any atom is 0.262 e. The van der Waals surface area contributed by atoms with Crippen molar-refractivity contribution in [3.05, 3.63) is 132 Å². The van der Waals surface area contributed by atoms with Crippen molar-refractivity contribution in [3.63, 3.8) is 0 Å². The largest absolute Gasteiger partial charge is 0.275 e. The number of benzene rings is 5. The molecule has 7 rings (SSSR count). The number of anilines is 4. The summed E-state index contributed by atoms with van der Waals surface area (Å²) in [5.74, 6) is -0.343. The van der Waals surface area contributed by atoms with Crippen molar-refractivity contribution in [1.29, 1.82) is 0 Å². The highest BCUT2D eigenvalue weighted by Crippen LogP contribution is 2.49. The Morgan fingerprint density at radius 2 is 0.737 bits per heavy atom. The molecule has 0 unspecified atom stereocenters. The molecule has 0 saturated heterocycles. The zero-order valence-corrected chi connectivity index (χ0v) is 21.7. The first kappa shape index (κ1) is 22.9. The summed E-state index contributed by atoms with van der Waals surface area (Å²) in [5, 5.41) is 0. The second kappa shape index (κ2) is 9.24. The number of nitrogens with zero attached hydrogens (tertiary/aromatic N) is 2. The minimum atomic E-state index is -0.171. The van der Waals surface area contributed by atoms with E-state index in [4.69, 9.17) is 0 Å². The average Bonchev–Trinajstić information content (AvgIpc) is 2.98. The van der Waals surface area contributed by atoms with E-state index in [-0.39, 0.29) is 11.8 Å². The van der Waals surface area contributed by atoms with Crippen molar-refractivity contribution in [2.24, 2.45) is 0 Å². The number of carbonyl (C=O) groups excluding carboxylic acids is 2. The summed E-state index contributed by atoms with van der Waals surface area (Å²) in [6.45, 7) is 0. The fraction of sp³-hybridized carbons (Fsp3) is 0. The van der Waals surface area contributed by atoms with Gasteiger partial charge in [0.05, 0.1) is 22.7 Å². The number of hydrogen-bond acceptors (Lipinski definition) is 4. The summed E-state index contributed by atoms with van der Waals surface area (Å²) >= 11 is 3.31. The molecule has 2 heterocycles. The minimum absolute atomic E-state index is 0.171. The van der Waals surface area contributed by atoms with Crippen molar-refractivity contribution < 1.29 is 9.59 Å². The van der Waals surface area contributed by atoms with Gasteiger partial charge in [-0.2, -0.15) is 0 Å². The second-order valence-electron chi connectivity index (χ2n) is 8.94. The lowest BCUT2D eigenvalue weighted by molar-refractivity contribution is 0.0997. The van der Waals surface area contributed by atoms with E-state index in [9.17, 15) is 9.59 Å². The summed E-state index contributed by atoms with van der Waals surface area (Å²) in [6.07, 6.45) is 0. The van der Waals surface area contributed by atoms with E-state index < -0.39 is 0 Å². The molecule has 4 nitrogen and oxygen atoms in total. The van der Waals surface area contributed by atoms with Gasteiger partial charge in [-0.25, -0.2) is 0 Å². The summed E-state index contributed by atoms with van der Waals surface area (Å²) in [6, 6.07) is 38.7. The van der Waals surface area contributed by atoms with E-state index in [1.807, 2.05) is 97.1 Å². The molecule has 0 bridgehead atoms. The molecule has 5 aromatic carbocycles. The zero-order valence-electron chi connectivity index (χ0n) is 20.1. The van der Waals surface area contributed by atoms with Crippen LogP contribution in [0.5, 0.6) is 0 Å². The van der Waals surface area contributed by atoms with E-state index in [0.717, 1.165) is 42.3 Å². The second-order valence-corrected chi connectivity index (χ2v) is 11.1. The first-order valence-electron chi connectivity index (χ1n) is 12.2. The number of hydrogen-bond donors (Lipinski definition) is 0. The Bertz CT molecular complexity index is 1530. The molecule has 5 aromatic rings. The highest BCUT2D eigenvalue weighted by molar-refractivity contribution is 8.00. The first-order chi connectivity index (χ1) is 18.7. The maximum atomic E-state index is 14.1. The molecule has 2 aliphatic rings. The van der Waals surface area contributed by atoms with Gasteiger partial charge in [0.15, 0.2) is 0 Å². The SMILES string of the molecule is O=C(c1cccc(C(=O)N2c3ccccc3Sc3ccccc32)c1)N1c2ccccc2Sc2ccccc21. The van der Waals surface area contributed by atoms with Crippen molar-refractivity contribution in [1.82, 2.24) is 0 Å². The summed E-state index contributed by atoms with van der Waals surface area (Å²) in [5.41, 5.74) is 4.28. The topological polar surface area (TPSA) is 40.6 Å². The lowest BCUT2D eigenvalue weighted by Crippen LogP contribution is -2.30. The van der Waals surface area contributed by atoms with Crippen molar-refractivity contribution in [3.8, 4) is 0 Å². The van der Waals surface area contributed by atoms with Crippen LogP contribution in [0.15, 0.2) is 141 Å².